The van der Waals surface area contributed by atoms with Crippen molar-refractivity contribution in [2.45, 2.75) is 32.7 Å². The number of fused-ring (bicyclic) bond motifs is 1. The van der Waals surface area contributed by atoms with E-state index >= 15 is 0 Å². The van der Waals surface area contributed by atoms with Gasteiger partial charge in [-0.15, -0.1) is 0 Å². The highest BCUT2D eigenvalue weighted by atomic mass is 16.3. The van der Waals surface area contributed by atoms with Gasteiger partial charge < -0.3 is 10.4 Å². The number of allylic oxidation sites excluding steroid dienone is 1. The number of phenolic OH excluding ortho intramolecular Hbond substituents is 1. The number of aromatic hydroxyl groups is 1. The van der Waals surface area contributed by atoms with Crippen molar-refractivity contribution >= 4 is 0 Å². The van der Waals surface area contributed by atoms with Gasteiger partial charge >= 0.3 is 0 Å². The van der Waals surface area contributed by atoms with E-state index in [4.69, 9.17) is 0 Å². The molecule has 1 aromatic rings. The number of phenols is 1. The van der Waals surface area contributed by atoms with Crippen LogP contribution in [0.1, 0.15) is 37.4 Å². The van der Waals surface area contributed by atoms with Gasteiger partial charge in [0.1, 0.15) is 5.75 Å². The fourth-order valence-corrected chi connectivity index (χ4v) is 2.25. The maximum atomic E-state index is 9.72. The first-order chi connectivity index (χ1) is 7.68. The van der Waals surface area contributed by atoms with Gasteiger partial charge in [-0.25, -0.2) is 0 Å². The molecule has 1 atom stereocenters. The minimum absolute atomic E-state index is 0.401. The van der Waals surface area contributed by atoms with Gasteiger partial charge in [0.15, 0.2) is 0 Å². The number of hydrogen-bond donors (Lipinski definition) is 2. The average Bonchev–Trinajstić information content (AvgIpc) is 2.63. The second kappa shape index (κ2) is 4.71. The van der Waals surface area contributed by atoms with Crippen molar-refractivity contribution in [3.63, 3.8) is 0 Å². The van der Waals surface area contributed by atoms with E-state index < -0.39 is 0 Å². The van der Waals surface area contributed by atoms with Gasteiger partial charge in [0.2, 0.25) is 0 Å². The SMILES string of the molecule is CC(C)=CCNC1CCc2c(O)cccc21. The summed E-state index contributed by atoms with van der Waals surface area (Å²) in [6, 6.07) is 6.21. The molecule has 0 amide bonds. The third-order valence-corrected chi connectivity index (χ3v) is 3.12. The van der Waals surface area contributed by atoms with Gasteiger partial charge in [0, 0.05) is 12.6 Å². The zero-order valence-electron chi connectivity index (χ0n) is 9.96. The molecule has 0 saturated carbocycles. The third-order valence-electron chi connectivity index (χ3n) is 3.12. The highest BCUT2D eigenvalue weighted by Gasteiger charge is 2.23. The van der Waals surface area contributed by atoms with Crippen molar-refractivity contribution in [3.8, 4) is 5.75 Å². The topological polar surface area (TPSA) is 32.3 Å². The van der Waals surface area contributed by atoms with Crippen LogP contribution in [0.5, 0.6) is 5.75 Å². The molecule has 0 heterocycles. The summed E-state index contributed by atoms with van der Waals surface area (Å²) in [7, 11) is 0. The van der Waals surface area contributed by atoms with Crippen molar-refractivity contribution in [1.29, 1.82) is 0 Å². The largest absolute Gasteiger partial charge is 0.508 e. The van der Waals surface area contributed by atoms with Crippen LogP contribution in [-0.2, 0) is 6.42 Å². The van der Waals surface area contributed by atoms with Crippen molar-refractivity contribution in [2.75, 3.05) is 6.54 Å². The summed E-state index contributed by atoms with van der Waals surface area (Å²) in [6.45, 7) is 5.12. The van der Waals surface area contributed by atoms with E-state index in [0.717, 1.165) is 24.9 Å². The molecule has 2 heteroatoms. The molecule has 2 nitrogen and oxygen atoms in total. The van der Waals surface area contributed by atoms with Gasteiger partial charge in [-0.3, -0.25) is 0 Å². The smallest absolute Gasteiger partial charge is 0.119 e. The minimum Gasteiger partial charge on any atom is -0.508 e. The second-order valence-corrected chi connectivity index (χ2v) is 4.63. The monoisotopic (exact) mass is 217 g/mol. The molecular weight excluding hydrogens is 198 g/mol. The highest BCUT2D eigenvalue weighted by Crippen LogP contribution is 2.35. The Kier molecular flexibility index (Phi) is 3.30. The van der Waals surface area contributed by atoms with Crippen molar-refractivity contribution in [3.05, 3.63) is 41.0 Å². The van der Waals surface area contributed by atoms with E-state index in [0.29, 0.717) is 11.8 Å². The molecule has 0 aliphatic heterocycles. The number of rotatable bonds is 3. The molecule has 0 fully saturated rings. The molecule has 0 spiro atoms. The second-order valence-electron chi connectivity index (χ2n) is 4.63. The summed E-state index contributed by atoms with van der Waals surface area (Å²) in [4.78, 5) is 0. The lowest BCUT2D eigenvalue weighted by atomic mass is 10.1. The summed E-state index contributed by atoms with van der Waals surface area (Å²) in [5.41, 5.74) is 3.72. The first-order valence-electron chi connectivity index (χ1n) is 5.86. The molecule has 0 bridgehead atoms. The molecule has 0 radical (unpaired) electrons. The number of nitrogens with one attached hydrogen (secondary N) is 1. The van der Waals surface area contributed by atoms with Crippen LogP contribution in [0, 0.1) is 0 Å². The molecule has 1 aromatic carbocycles. The zero-order chi connectivity index (χ0) is 11.5. The minimum atomic E-state index is 0.401. The Hall–Kier alpha value is -1.28. The van der Waals surface area contributed by atoms with E-state index in [-0.39, 0.29) is 0 Å². The van der Waals surface area contributed by atoms with E-state index in [9.17, 15) is 5.11 Å². The summed E-state index contributed by atoms with van der Waals surface area (Å²) >= 11 is 0. The van der Waals surface area contributed by atoms with Crippen molar-refractivity contribution < 1.29 is 5.11 Å². The summed E-state index contributed by atoms with van der Waals surface area (Å²) in [5.74, 6) is 0.448. The normalized spacial score (nSPS) is 18.2. The van der Waals surface area contributed by atoms with Crippen LogP contribution in [0.15, 0.2) is 29.8 Å². The van der Waals surface area contributed by atoms with E-state index in [1.807, 2.05) is 6.07 Å². The highest BCUT2D eigenvalue weighted by molar-refractivity contribution is 5.44. The maximum Gasteiger partial charge on any atom is 0.119 e. The zero-order valence-corrected chi connectivity index (χ0v) is 9.96. The molecule has 86 valence electrons. The summed E-state index contributed by atoms with van der Waals surface area (Å²) in [5, 5.41) is 13.2. The predicted molar refractivity (Wildman–Crippen MR) is 66.6 cm³/mol. The maximum absolute atomic E-state index is 9.72. The summed E-state index contributed by atoms with van der Waals surface area (Å²) in [6.07, 6.45) is 4.26. The fourth-order valence-electron chi connectivity index (χ4n) is 2.25. The van der Waals surface area contributed by atoms with Crippen LogP contribution in [0.25, 0.3) is 0 Å². The van der Waals surface area contributed by atoms with Gasteiger partial charge in [-0.2, -0.15) is 0 Å². The van der Waals surface area contributed by atoms with Gasteiger partial charge in [-0.1, -0.05) is 23.8 Å². The Morgan fingerprint density at radius 3 is 3.06 bits per heavy atom. The number of benzene rings is 1. The Morgan fingerprint density at radius 2 is 2.31 bits per heavy atom. The molecule has 0 aromatic heterocycles. The first-order valence-corrected chi connectivity index (χ1v) is 5.86. The third kappa shape index (κ3) is 2.27. The van der Waals surface area contributed by atoms with Crippen LogP contribution >= 0.6 is 0 Å². The molecule has 1 aliphatic carbocycles. The predicted octanol–water partition coefficient (Wildman–Crippen LogP) is 2.94. The molecular formula is C14H19NO. The van der Waals surface area contributed by atoms with E-state index in [2.05, 4.69) is 31.3 Å². The molecule has 2 rings (SSSR count). The fraction of sp³-hybridized carbons (Fsp3) is 0.429. The van der Waals surface area contributed by atoms with Gasteiger partial charge in [-0.05, 0) is 43.9 Å². The van der Waals surface area contributed by atoms with Crippen LogP contribution in [-0.4, -0.2) is 11.7 Å². The van der Waals surface area contributed by atoms with Gasteiger partial charge in [0.25, 0.3) is 0 Å². The lowest BCUT2D eigenvalue weighted by molar-refractivity contribution is 0.469. The standard InChI is InChI=1S/C14H19NO/c1-10(2)8-9-15-13-7-6-12-11(13)4-3-5-14(12)16/h3-5,8,13,15-16H,6-7,9H2,1-2H3. The van der Waals surface area contributed by atoms with Crippen LogP contribution < -0.4 is 5.32 Å². The first kappa shape index (κ1) is 11.2. The van der Waals surface area contributed by atoms with Crippen molar-refractivity contribution in [1.82, 2.24) is 5.32 Å². The molecule has 0 saturated heterocycles. The summed E-state index contributed by atoms with van der Waals surface area (Å²) < 4.78 is 0. The Balaban J connectivity index is 2.06. The van der Waals surface area contributed by atoms with E-state index in [1.165, 1.54) is 11.1 Å². The van der Waals surface area contributed by atoms with Crippen molar-refractivity contribution in [2.24, 2.45) is 0 Å². The molecule has 16 heavy (non-hydrogen) atoms. The molecule has 1 aliphatic rings. The molecule has 1 unspecified atom stereocenters. The Bertz CT molecular complexity index is 405. The van der Waals surface area contributed by atoms with Crippen LogP contribution in [0.3, 0.4) is 0 Å². The average molecular weight is 217 g/mol. The van der Waals surface area contributed by atoms with E-state index in [1.54, 1.807) is 6.07 Å². The molecule has 2 N–H and O–H groups in total. The van der Waals surface area contributed by atoms with Crippen LogP contribution in [0.4, 0.5) is 0 Å². The lowest BCUT2D eigenvalue weighted by Crippen LogP contribution is -2.19. The Labute approximate surface area is 97.0 Å². The van der Waals surface area contributed by atoms with Crippen LogP contribution in [0.2, 0.25) is 0 Å². The van der Waals surface area contributed by atoms with Gasteiger partial charge in [0.05, 0.1) is 0 Å². The Morgan fingerprint density at radius 1 is 1.50 bits per heavy atom. The lowest BCUT2D eigenvalue weighted by Gasteiger charge is -2.12. The quantitative estimate of drug-likeness (QED) is 0.763. The number of hydrogen-bond acceptors (Lipinski definition) is 2.